The van der Waals surface area contributed by atoms with Gasteiger partial charge in [-0.15, -0.1) is 0 Å². The smallest absolute Gasteiger partial charge is 0.408 e. The Hall–Kier alpha value is -3.43. The van der Waals surface area contributed by atoms with E-state index in [1.165, 1.54) is 11.6 Å². The Labute approximate surface area is 166 Å². The number of amides is 1. The highest BCUT2D eigenvalue weighted by Gasteiger charge is 2.26. The summed E-state index contributed by atoms with van der Waals surface area (Å²) in [4.78, 5) is 47.7. The molecule has 3 aromatic heterocycles. The molecule has 3 aromatic rings. The highest BCUT2D eigenvalue weighted by atomic mass is 16.6. The van der Waals surface area contributed by atoms with Crippen molar-refractivity contribution in [2.24, 2.45) is 14.1 Å². The molecule has 29 heavy (non-hydrogen) atoms. The summed E-state index contributed by atoms with van der Waals surface area (Å²) >= 11 is 0. The second kappa shape index (κ2) is 7.53. The SMILES string of the molecule is Cn1c([C@@H](Cc2ccccn2)NC(=O)OC(C)(C)C)nc2c1c(=O)[nH]c(=O)n2C. The van der Waals surface area contributed by atoms with E-state index in [-0.39, 0.29) is 11.2 Å². The Morgan fingerprint density at radius 3 is 2.59 bits per heavy atom. The number of fused-ring (bicyclic) bond motifs is 1. The van der Waals surface area contributed by atoms with E-state index in [0.29, 0.717) is 12.2 Å². The van der Waals surface area contributed by atoms with Gasteiger partial charge in [-0.05, 0) is 32.9 Å². The minimum Gasteiger partial charge on any atom is -0.444 e. The predicted octanol–water partition coefficient (Wildman–Crippen LogP) is 1.16. The summed E-state index contributed by atoms with van der Waals surface area (Å²) in [6.45, 7) is 5.31. The van der Waals surface area contributed by atoms with Gasteiger partial charge in [0, 0.05) is 32.4 Å². The number of hydrogen-bond donors (Lipinski definition) is 2. The van der Waals surface area contributed by atoms with Crippen LogP contribution in [0.15, 0.2) is 34.0 Å². The molecule has 2 N–H and O–H groups in total. The lowest BCUT2D eigenvalue weighted by molar-refractivity contribution is 0.0500. The van der Waals surface area contributed by atoms with Crippen molar-refractivity contribution in [2.75, 3.05) is 0 Å². The Balaban J connectivity index is 2.08. The van der Waals surface area contributed by atoms with Crippen LogP contribution in [0.25, 0.3) is 11.2 Å². The minimum absolute atomic E-state index is 0.230. The number of aryl methyl sites for hydroxylation is 2. The van der Waals surface area contributed by atoms with Gasteiger partial charge in [0.15, 0.2) is 11.2 Å². The topological polar surface area (TPSA) is 124 Å². The number of nitrogens with one attached hydrogen (secondary N) is 2. The van der Waals surface area contributed by atoms with Gasteiger partial charge in [-0.3, -0.25) is 19.3 Å². The van der Waals surface area contributed by atoms with Gasteiger partial charge in [0.25, 0.3) is 5.56 Å². The molecule has 0 aliphatic carbocycles. The van der Waals surface area contributed by atoms with Crippen LogP contribution in [0.5, 0.6) is 0 Å². The van der Waals surface area contributed by atoms with Crippen molar-refractivity contribution >= 4 is 17.3 Å². The molecule has 0 aromatic carbocycles. The largest absolute Gasteiger partial charge is 0.444 e. The number of aromatic nitrogens is 5. The molecule has 10 nitrogen and oxygen atoms in total. The molecule has 1 amide bonds. The van der Waals surface area contributed by atoms with Crippen LogP contribution in [0.1, 0.15) is 38.3 Å². The Kier molecular flexibility index (Phi) is 5.27. The number of imidazole rings is 1. The van der Waals surface area contributed by atoms with E-state index in [0.717, 1.165) is 5.69 Å². The van der Waals surface area contributed by atoms with E-state index in [2.05, 4.69) is 20.3 Å². The highest BCUT2D eigenvalue weighted by Crippen LogP contribution is 2.20. The summed E-state index contributed by atoms with van der Waals surface area (Å²) in [5.41, 5.74) is -0.588. The standard InChI is InChI=1S/C19H24N6O4/c1-19(2,3)29-18(28)21-12(10-11-8-6-7-9-20-11)14-22-15-13(24(14)4)16(26)23-17(27)25(15)5/h6-9,12H,10H2,1-5H3,(H,21,28)(H,23,26,27)/t12-/m1/s1. The molecule has 10 heteroatoms. The van der Waals surface area contributed by atoms with Crippen LogP contribution in [0.4, 0.5) is 4.79 Å². The maximum absolute atomic E-state index is 12.4. The number of carbonyl (C=O) groups is 1. The monoisotopic (exact) mass is 400 g/mol. The van der Waals surface area contributed by atoms with Crippen molar-refractivity contribution in [3.8, 4) is 0 Å². The lowest BCUT2D eigenvalue weighted by Crippen LogP contribution is -2.37. The number of pyridine rings is 1. The first kappa shape index (κ1) is 20.3. The van der Waals surface area contributed by atoms with Crippen LogP contribution in [-0.2, 0) is 25.3 Å². The van der Waals surface area contributed by atoms with Crippen LogP contribution in [0.3, 0.4) is 0 Å². The van der Waals surface area contributed by atoms with Gasteiger partial charge in [0.05, 0.1) is 6.04 Å². The number of hydrogen-bond acceptors (Lipinski definition) is 6. The van der Waals surface area contributed by atoms with E-state index in [4.69, 9.17) is 4.74 Å². The molecule has 0 saturated carbocycles. The van der Waals surface area contributed by atoms with Crippen molar-refractivity contribution in [3.63, 3.8) is 0 Å². The van der Waals surface area contributed by atoms with Gasteiger partial charge in [0.1, 0.15) is 11.4 Å². The van der Waals surface area contributed by atoms with E-state index >= 15 is 0 Å². The molecular weight excluding hydrogens is 376 g/mol. The van der Waals surface area contributed by atoms with E-state index < -0.39 is 29.0 Å². The number of aromatic amines is 1. The second-order valence-electron chi connectivity index (χ2n) is 7.74. The molecule has 0 aliphatic rings. The third kappa shape index (κ3) is 4.36. The van der Waals surface area contributed by atoms with E-state index in [1.807, 2.05) is 12.1 Å². The molecule has 0 fully saturated rings. The molecule has 3 heterocycles. The zero-order valence-corrected chi connectivity index (χ0v) is 17.0. The summed E-state index contributed by atoms with van der Waals surface area (Å²) in [5.74, 6) is 0.406. The molecule has 0 radical (unpaired) electrons. The number of ether oxygens (including phenoxy) is 1. The van der Waals surface area contributed by atoms with Crippen molar-refractivity contribution < 1.29 is 9.53 Å². The van der Waals surface area contributed by atoms with Crippen LogP contribution in [0, 0.1) is 0 Å². The predicted molar refractivity (Wildman–Crippen MR) is 107 cm³/mol. The third-order valence-corrected chi connectivity index (χ3v) is 4.31. The van der Waals surface area contributed by atoms with Crippen molar-refractivity contribution in [2.45, 2.75) is 38.8 Å². The molecule has 1 atom stereocenters. The fourth-order valence-corrected chi connectivity index (χ4v) is 3.02. The van der Waals surface area contributed by atoms with E-state index in [9.17, 15) is 14.4 Å². The minimum atomic E-state index is -0.674. The lowest BCUT2D eigenvalue weighted by atomic mass is 10.1. The first-order chi connectivity index (χ1) is 13.6. The number of alkyl carbamates (subject to hydrolysis) is 1. The summed E-state index contributed by atoms with van der Waals surface area (Å²) in [6.07, 6.45) is 1.36. The zero-order chi connectivity index (χ0) is 21.3. The molecule has 0 aliphatic heterocycles. The van der Waals surface area contributed by atoms with Gasteiger partial charge in [-0.1, -0.05) is 6.07 Å². The molecule has 0 spiro atoms. The van der Waals surface area contributed by atoms with Crippen LogP contribution in [0.2, 0.25) is 0 Å². The number of rotatable bonds is 4. The Morgan fingerprint density at radius 1 is 1.24 bits per heavy atom. The summed E-state index contributed by atoms with van der Waals surface area (Å²) in [6, 6.07) is 4.83. The number of H-pyrrole nitrogens is 1. The fourth-order valence-electron chi connectivity index (χ4n) is 3.02. The highest BCUT2D eigenvalue weighted by molar-refractivity contribution is 5.72. The third-order valence-electron chi connectivity index (χ3n) is 4.31. The first-order valence-corrected chi connectivity index (χ1v) is 9.12. The van der Waals surface area contributed by atoms with Gasteiger partial charge < -0.3 is 14.6 Å². The van der Waals surface area contributed by atoms with Crippen molar-refractivity contribution in [1.29, 1.82) is 0 Å². The number of nitrogens with zero attached hydrogens (tertiary/aromatic N) is 4. The van der Waals surface area contributed by atoms with Crippen LogP contribution >= 0.6 is 0 Å². The number of carbonyl (C=O) groups excluding carboxylic acids is 1. The molecule has 0 bridgehead atoms. The zero-order valence-electron chi connectivity index (χ0n) is 17.0. The fraction of sp³-hybridized carbons (Fsp3) is 0.421. The Morgan fingerprint density at radius 2 is 1.97 bits per heavy atom. The average Bonchev–Trinajstić information content (AvgIpc) is 2.96. The average molecular weight is 400 g/mol. The summed E-state index contributed by atoms with van der Waals surface area (Å²) in [7, 11) is 3.18. The quantitative estimate of drug-likeness (QED) is 0.677. The van der Waals surface area contributed by atoms with E-state index in [1.54, 1.807) is 44.6 Å². The molecule has 154 valence electrons. The Bertz CT molecular complexity index is 1150. The summed E-state index contributed by atoms with van der Waals surface area (Å²) in [5, 5.41) is 2.81. The van der Waals surface area contributed by atoms with Gasteiger partial charge in [-0.2, -0.15) is 0 Å². The van der Waals surface area contributed by atoms with Crippen molar-refractivity contribution in [1.82, 2.24) is 29.4 Å². The van der Waals surface area contributed by atoms with Crippen LogP contribution < -0.4 is 16.6 Å². The van der Waals surface area contributed by atoms with Gasteiger partial charge in [0.2, 0.25) is 0 Å². The lowest BCUT2D eigenvalue weighted by Gasteiger charge is -2.23. The normalized spacial score (nSPS) is 12.7. The van der Waals surface area contributed by atoms with Crippen molar-refractivity contribution in [3.05, 3.63) is 56.8 Å². The molecule has 0 saturated heterocycles. The van der Waals surface area contributed by atoms with Gasteiger partial charge >= 0.3 is 11.8 Å². The molecule has 3 rings (SSSR count). The maximum atomic E-state index is 12.4. The maximum Gasteiger partial charge on any atom is 0.408 e. The van der Waals surface area contributed by atoms with Crippen LogP contribution in [-0.4, -0.2) is 35.8 Å². The summed E-state index contributed by atoms with van der Waals surface area (Å²) < 4.78 is 8.20. The molecular formula is C19H24N6O4. The molecule has 0 unspecified atom stereocenters. The second-order valence-corrected chi connectivity index (χ2v) is 7.74. The first-order valence-electron chi connectivity index (χ1n) is 9.12. The van der Waals surface area contributed by atoms with Gasteiger partial charge in [-0.25, -0.2) is 14.6 Å².